The van der Waals surface area contributed by atoms with E-state index < -0.39 is 5.89 Å². The first-order valence-electron chi connectivity index (χ1n) is 12.2. The summed E-state index contributed by atoms with van der Waals surface area (Å²) in [6, 6.07) is 21.9. The van der Waals surface area contributed by atoms with Crippen molar-refractivity contribution in [1.29, 1.82) is 0 Å². The lowest BCUT2D eigenvalue weighted by atomic mass is 9.66. The van der Waals surface area contributed by atoms with E-state index in [1.54, 1.807) is 0 Å². The maximum Gasteiger partial charge on any atom is 0.212 e. The highest BCUT2D eigenvalue weighted by atomic mass is 14.9. The van der Waals surface area contributed by atoms with Crippen LogP contribution in [0.3, 0.4) is 0 Å². The van der Waals surface area contributed by atoms with Gasteiger partial charge in [0.1, 0.15) is 7.05 Å². The highest BCUT2D eigenvalue weighted by Gasteiger charge is 2.32. The van der Waals surface area contributed by atoms with Gasteiger partial charge in [0, 0.05) is 18.6 Å². The minimum Gasteiger partial charge on any atom is -0.200 e. The first-order chi connectivity index (χ1) is 15.0. The van der Waals surface area contributed by atoms with Gasteiger partial charge in [0.2, 0.25) is 5.69 Å². The highest BCUT2D eigenvalue weighted by Crippen LogP contribution is 2.46. The van der Waals surface area contributed by atoms with Gasteiger partial charge < -0.3 is 0 Å². The second kappa shape index (κ2) is 8.38. The lowest BCUT2D eigenvalue weighted by Crippen LogP contribution is -2.30. The summed E-state index contributed by atoms with van der Waals surface area (Å²) in [7, 11) is 2.13. The van der Waals surface area contributed by atoms with Crippen molar-refractivity contribution < 1.29 is 5.94 Å². The fourth-order valence-electron chi connectivity index (χ4n) is 5.79. The molecule has 154 valence electrons. The van der Waals surface area contributed by atoms with E-state index in [1.165, 1.54) is 65.6 Å². The Morgan fingerprint density at radius 1 is 0.800 bits per heavy atom. The molecule has 0 N–H and O–H groups in total. The van der Waals surface area contributed by atoms with Crippen molar-refractivity contribution in [1.82, 2.24) is 0 Å². The molecule has 2 aliphatic carbocycles. The third-order valence-corrected chi connectivity index (χ3v) is 7.57. The van der Waals surface area contributed by atoms with E-state index in [-0.39, 0.29) is 0 Å². The molecule has 5 rings (SSSR count). The summed E-state index contributed by atoms with van der Waals surface area (Å²) in [6.07, 6.45) is 11.0. The normalized spacial score (nSPS) is 26.7. The van der Waals surface area contributed by atoms with E-state index in [4.69, 9.17) is 0 Å². The monoisotopic (exact) mass is 397 g/mol. The molecule has 0 bridgehead atoms. The van der Waals surface area contributed by atoms with E-state index in [0.29, 0.717) is 0 Å². The zero-order valence-electron chi connectivity index (χ0n) is 19.4. The van der Waals surface area contributed by atoms with Gasteiger partial charge in [-0.15, -0.1) is 0 Å². The molecule has 1 heteroatoms. The Balaban J connectivity index is 1.38. The average Bonchev–Trinajstić information content (AvgIpc) is 2.80. The number of fused-ring (bicyclic) bond motifs is 1. The zero-order valence-corrected chi connectivity index (χ0v) is 18.4. The topological polar surface area (TPSA) is 3.88 Å². The number of pyridine rings is 1. The van der Waals surface area contributed by atoms with Gasteiger partial charge in [0.05, 0.1) is 0 Å². The summed E-state index contributed by atoms with van der Waals surface area (Å²) in [5, 5.41) is 0. The second-order valence-corrected chi connectivity index (χ2v) is 9.46. The molecule has 0 saturated heterocycles. The van der Waals surface area contributed by atoms with E-state index in [0.717, 1.165) is 24.7 Å². The molecule has 0 aliphatic heterocycles. The fraction of sp³-hybridized carbons (Fsp3) is 0.414. The summed E-state index contributed by atoms with van der Waals surface area (Å²) in [6.45, 7) is 2.17. The van der Waals surface area contributed by atoms with Crippen LogP contribution < -0.4 is 4.57 Å². The Kier molecular flexibility index (Phi) is 5.13. The van der Waals surface area contributed by atoms with Crippen LogP contribution in [0, 0.1) is 18.8 Å². The molecule has 1 nitrogen and oxygen atoms in total. The average molecular weight is 398 g/mol. The van der Waals surface area contributed by atoms with Crippen LogP contribution in [-0.4, -0.2) is 0 Å². The molecule has 0 amide bonds. The van der Waals surface area contributed by atoms with E-state index in [9.17, 15) is 1.37 Å². The van der Waals surface area contributed by atoms with E-state index in [2.05, 4.69) is 85.4 Å². The molecule has 2 aromatic carbocycles. The van der Waals surface area contributed by atoms with Crippen molar-refractivity contribution in [3.05, 3.63) is 78.0 Å². The van der Waals surface area contributed by atoms with Crippen molar-refractivity contribution in [2.75, 3.05) is 0 Å². The fourth-order valence-corrected chi connectivity index (χ4v) is 5.79. The molecule has 1 aromatic heterocycles. The van der Waals surface area contributed by atoms with Crippen LogP contribution in [0.25, 0.3) is 22.4 Å². The first-order valence-corrected chi connectivity index (χ1v) is 11.7. The Morgan fingerprint density at radius 3 is 2.30 bits per heavy atom. The van der Waals surface area contributed by atoms with Gasteiger partial charge in [-0.2, -0.15) is 0 Å². The maximum atomic E-state index is 9.23. The standard InChI is InChI=1S/C29H34N/c1-21-7-3-6-10-28(21)29-18-17-27(20-30(29)2)24-13-11-23(12-14-24)26-16-15-22-8-4-5-9-25(22)19-26/h3,6-7,10-14,17-18,20,22,25-26H,4-5,8-9,15-16,19H2,1-2H3/q+1/t22-,25-,26?/m0/s1/i26D. The van der Waals surface area contributed by atoms with Crippen molar-refractivity contribution in [2.45, 2.75) is 57.8 Å². The molecule has 2 saturated carbocycles. The summed E-state index contributed by atoms with van der Waals surface area (Å²) in [5.74, 6) is 1.27. The molecule has 2 fully saturated rings. The highest BCUT2D eigenvalue weighted by molar-refractivity contribution is 5.66. The van der Waals surface area contributed by atoms with Gasteiger partial charge in [-0.1, -0.05) is 68.1 Å². The van der Waals surface area contributed by atoms with Crippen LogP contribution in [0.1, 0.15) is 63.3 Å². The molecular formula is C29H34N+. The third-order valence-electron chi connectivity index (χ3n) is 7.57. The zero-order chi connectivity index (χ0) is 21.4. The van der Waals surface area contributed by atoms with Crippen molar-refractivity contribution >= 4 is 0 Å². The van der Waals surface area contributed by atoms with Gasteiger partial charge >= 0.3 is 0 Å². The smallest absolute Gasteiger partial charge is 0.200 e. The third kappa shape index (κ3) is 3.83. The summed E-state index contributed by atoms with van der Waals surface area (Å²) in [4.78, 5) is 0. The number of nitrogens with zero attached hydrogens (tertiary/aromatic N) is 1. The molecule has 1 heterocycles. The molecular weight excluding hydrogens is 362 g/mol. The number of benzene rings is 2. The molecule has 0 spiro atoms. The molecule has 0 radical (unpaired) electrons. The lowest BCUT2D eigenvalue weighted by Gasteiger charge is -2.39. The van der Waals surface area contributed by atoms with Gasteiger partial charge in [-0.25, -0.2) is 4.57 Å². The van der Waals surface area contributed by atoms with Crippen LogP contribution >= 0.6 is 0 Å². The number of rotatable bonds is 3. The van der Waals surface area contributed by atoms with Crippen LogP contribution in [0.5, 0.6) is 0 Å². The SMILES string of the molecule is [2H]C1(c2ccc(-c3ccc(-c4ccccc4C)[n+](C)c3)cc2)CC[C@@H]2CCCC[C@H]2C1. The largest absolute Gasteiger partial charge is 0.212 e. The molecule has 3 atom stereocenters. The van der Waals surface area contributed by atoms with Crippen LogP contribution in [-0.2, 0) is 7.05 Å². The van der Waals surface area contributed by atoms with Gasteiger partial charge in [-0.05, 0) is 72.7 Å². The second-order valence-electron chi connectivity index (χ2n) is 9.46. The van der Waals surface area contributed by atoms with Crippen LogP contribution in [0.4, 0.5) is 0 Å². The Labute approximate surface area is 183 Å². The Morgan fingerprint density at radius 2 is 1.53 bits per heavy atom. The number of hydrogen-bond acceptors (Lipinski definition) is 0. The molecule has 30 heavy (non-hydrogen) atoms. The molecule has 2 aliphatic rings. The predicted molar refractivity (Wildman–Crippen MR) is 125 cm³/mol. The summed E-state index contributed by atoms with van der Waals surface area (Å²) in [5.41, 5.74) is 7.46. The predicted octanol–water partition coefficient (Wildman–Crippen LogP) is 7.23. The van der Waals surface area contributed by atoms with Crippen molar-refractivity contribution in [2.24, 2.45) is 18.9 Å². The van der Waals surface area contributed by atoms with Gasteiger partial charge in [0.15, 0.2) is 6.20 Å². The number of aryl methyl sites for hydroxylation is 2. The van der Waals surface area contributed by atoms with Crippen molar-refractivity contribution in [3.63, 3.8) is 0 Å². The van der Waals surface area contributed by atoms with Gasteiger partial charge in [0.25, 0.3) is 0 Å². The van der Waals surface area contributed by atoms with E-state index in [1.807, 2.05) is 0 Å². The quantitative estimate of drug-likeness (QED) is 0.411. The maximum absolute atomic E-state index is 9.23. The molecule has 1 unspecified atom stereocenters. The minimum atomic E-state index is -0.392. The Bertz CT molecular complexity index is 1070. The summed E-state index contributed by atoms with van der Waals surface area (Å²) >= 11 is 0. The number of aromatic nitrogens is 1. The summed E-state index contributed by atoms with van der Waals surface area (Å²) < 4.78 is 11.5. The first kappa shape index (κ1) is 18.4. The van der Waals surface area contributed by atoms with Crippen LogP contribution in [0.15, 0.2) is 66.9 Å². The van der Waals surface area contributed by atoms with E-state index >= 15 is 0 Å². The van der Waals surface area contributed by atoms with Crippen molar-refractivity contribution in [3.8, 4) is 22.4 Å². The Hall–Kier alpha value is -2.41. The molecule has 3 aromatic rings. The lowest BCUT2D eigenvalue weighted by molar-refractivity contribution is -0.659. The number of hydrogen-bond donors (Lipinski definition) is 0. The van der Waals surface area contributed by atoms with Crippen LogP contribution in [0.2, 0.25) is 0 Å². The minimum absolute atomic E-state index is 0.392. The van der Waals surface area contributed by atoms with Gasteiger partial charge in [-0.3, -0.25) is 0 Å².